The van der Waals surface area contributed by atoms with Crippen LogP contribution in [0.5, 0.6) is 5.75 Å². The number of methoxy groups -OCH3 is 2. The van der Waals surface area contributed by atoms with Gasteiger partial charge in [0.2, 0.25) is 0 Å². The minimum absolute atomic E-state index is 0.176. The van der Waals surface area contributed by atoms with Crippen LogP contribution < -0.4 is 10.1 Å². The number of esters is 1. The highest BCUT2D eigenvalue weighted by atomic mass is 16.5. The van der Waals surface area contributed by atoms with Crippen LogP contribution in [0, 0.1) is 0 Å². The van der Waals surface area contributed by atoms with E-state index in [9.17, 15) is 9.59 Å². The standard InChI is InChI=1S/C14H18N2O4/c1-19-11-5-3-10(4-6-11)13(17)16-8-7-15-9-12(16)14(18)20-2/h3-6,12,15H,7-9H2,1-2H3/t12-/m0/s1. The van der Waals surface area contributed by atoms with Crippen molar-refractivity contribution in [1.82, 2.24) is 10.2 Å². The third-order valence-electron chi connectivity index (χ3n) is 3.31. The normalized spacial score (nSPS) is 18.5. The molecule has 108 valence electrons. The minimum atomic E-state index is -0.580. The number of amides is 1. The molecule has 1 heterocycles. The summed E-state index contributed by atoms with van der Waals surface area (Å²) in [6, 6.07) is 6.25. The van der Waals surface area contributed by atoms with E-state index in [-0.39, 0.29) is 5.91 Å². The Morgan fingerprint density at radius 1 is 1.25 bits per heavy atom. The molecule has 1 saturated heterocycles. The quantitative estimate of drug-likeness (QED) is 0.805. The molecule has 0 radical (unpaired) electrons. The molecule has 1 amide bonds. The van der Waals surface area contributed by atoms with Crippen molar-refractivity contribution >= 4 is 11.9 Å². The van der Waals surface area contributed by atoms with Crippen LogP contribution in [0.2, 0.25) is 0 Å². The molecule has 1 aliphatic rings. The number of piperazine rings is 1. The molecule has 1 N–H and O–H groups in total. The molecular formula is C14H18N2O4. The van der Waals surface area contributed by atoms with Gasteiger partial charge in [0.25, 0.3) is 5.91 Å². The van der Waals surface area contributed by atoms with E-state index < -0.39 is 12.0 Å². The largest absolute Gasteiger partial charge is 0.497 e. The molecule has 0 saturated carbocycles. The van der Waals surface area contributed by atoms with Crippen LogP contribution in [0.25, 0.3) is 0 Å². The SMILES string of the molecule is COC(=O)[C@@H]1CNCCN1C(=O)c1ccc(OC)cc1. The van der Waals surface area contributed by atoms with Crippen LogP contribution in [-0.4, -0.2) is 56.7 Å². The molecule has 6 nitrogen and oxygen atoms in total. The van der Waals surface area contributed by atoms with Crippen molar-refractivity contribution in [2.45, 2.75) is 6.04 Å². The van der Waals surface area contributed by atoms with Gasteiger partial charge in [0.15, 0.2) is 0 Å². The van der Waals surface area contributed by atoms with Crippen molar-refractivity contribution < 1.29 is 19.1 Å². The van der Waals surface area contributed by atoms with Gasteiger partial charge in [-0.1, -0.05) is 0 Å². The van der Waals surface area contributed by atoms with Gasteiger partial charge < -0.3 is 19.7 Å². The number of nitrogens with zero attached hydrogens (tertiary/aromatic N) is 1. The third kappa shape index (κ3) is 2.91. The molecule has 0 spiro atoms. The smallest absolute Gasteiger partial charge is 0.329 e. The van der Waals surface area contributed by atoms with Crippen LogP contribution in [0.15, 0.2) is 24.3 Å². The Kier molecular flexibility index (Phi) is 4.57. The molecular weight excluding hydrogens is 260 g/mol. The molecule has 2 rings (SSSR count). The number of carbonyl (C=O) groups is 2. The van der Waals surface area contributed by atoms with E-state index in [1.54, 1.807) is 36.3 Å². The van der Waals surface area contributed by atoms with Gasteiger partial charge in [0.05, 0.1) is 14.2 Å². The Labute approximate surface area is 117 Å². The molecule has 6 heteroatoms. The summed E-state index contributed by atoms with van der Waals surface area (Å²) in [7, 11) is 2.90. The van der Waals surface area contributed by atoms with Gasteiger partial charge >= 0.3 is 5.97 Å². The lowest BCUT2D eigenvalue weighted by Crippen LogP contribution is -2.57. The first kappa shape index (κ1) is 14.3. The van der Waals surface area contributed by atoms with E-state index >= 15 is 0 Å². The maximum absolute atomic E-state index is 12.5. The second kappa shape index (κ2) is 6.38. The molecule has 0 aromatic heterocycles. The molecule has 1 aromatic carbocycles. The highest BCUT2D eigenvalue weighted by Gasteiger charge is 2.33. The summed E-state index contributed by atoms with van der Waals surface area (Å²) in [4.78, 5) is 25.8. The fourth-order valence-electron chi connectivity index (χ4n) is 2.19. The number of nitrogens with one attached hydrogen (secondary N) is 1. The maximum atomic E-state index is 12.5. The Morgan fingerprint density at radius 3 is 2.55 bits per heavy atom. The highest BCUT2D eigenvalue weighted by Crippen LogP contribution is 2.15. The second-order valence-corrected chi connectivity index (χ2v) is 4.47. The van der Waals surface area contributed by atoms with E-state index in [4.69, 9.17) is 9.47 Å². The Morgan fingerprint density at radius 2 is 1.95 bits per heavy atom. The van der Waals surface area contributed by atoms with Gasteiger partial charge in [0.1, 0.15) is 11.8 Å². The van der Waals surface area contributed by atoms with Crippen LogP contribution in [0.3, 0.4) is 0 Å². The Bertz CT molecular complexity index is 486. The molecule has 20 heavy (non-hydrogen) atoms. The van der Waals surface area contributed by atoms with Crippen molar-refractivity contribution in [3.05, 3.63) is 29.8 Å². The molecule has 1 atom stereocenters. The fourth-order valence-corrected chi connectivity index (χ4v) is 2.19. The molecule has 1 aromatic rings. The van der Waals surface area contributed by atoms with Crippen LogP contribution >= 0.6 is 0 Å². The minimum Gasteiger partial charge on any atom is -0.497 e. The number of carbonyl (C=O) groups excluding carboxylic acids is 2. The zero-order chi connectivity index (χ0) is 14.5. The van der Waals surface area contributed by atoms with Crippen molar-refractivity contribution in [3.8, 4) is 5.75 Å². The summed E-state index contributed by atoms with van der Waals surface area (Å²) in [5, 5.41) is 3.09. The third-order valence-corrected chi connectivity index (χ3v) is 3.31. The van der Waals surface area contributed by atoms with Gasteiger partial charge in [-0.15, -0.1) is 0 Å². The van der Waals surface area contributed by atoms with E-state index in [1.165, 1.54) is 7.11 Å². The lowest BCUT2D eigenvalue weighted by Gasteiger charge is -2.34. The van der Waals surface area contributed by atoms with Crippen molar-refractivity contribution in [2.75, 3.05) is 33.9 Å². The first-order valence-electron chi connectivity index (χ1n) is 6.41. The number of ether oxygens (including phenoxy) is 2. The predicted octanol–water partition coefficient (Wildman–Crippen LogP) is 0.282. The van der Waals surface area contributed by atoms with Crippen LogP contribution in [0.1, 0.15) is 10.4 Å². The topological polar surface area (TPSA) is 67.9 Å². The van der Waals surface area contributed by atoms with E-state index in [1.807, 2.05) is 0 Å². The lowest BCUT2D eigenvalue weighted by atomic mass is 10.1. The average molecular weight is 278 g/mol. The van der Waals surface area contributed by atoms with Crippen LogP contribution in [0.4, 0.5) is 0 Å². The average Bonchev–Trinajstić information content (AvgIpc) is 2.53. The number of hydrogen-bond acceptors (Lipinski definition) is 5. The number of rotatable bonds is 3. The van der Waals surface area contributed by atoms with E-state index in [0.717, 1.165) is 0 Å². The molecule has 1 fully saturated rings. The van der Waals surface area contributed by atoms with Crippen molar-refractivity contribution in [3.63, 3.8) is 0 Å². The van der Waals surface area contributed by atoms with Gasteiger partial charge in [-0.05, 0) is 24.3 Å². The van der Waals surface area contributed by atoms with E-state index in [2.05, 4.69) is 5.32 Å². The Balaban J connectivity index is 2.18. The van der Waals surface area contributed by atoms with Crippen molar-refractivity contribution in [1.29, 1.82) is 0 Å². The lowest BCUT2D eigenvalue weighted by molar-refractivity contribution is -0.146. The van der Waals surface area contributed by atoms with Gasteiger partial charge in [-0.3, -0.25) is 4.79 Å². The first-order chi connectivity index (χ1) is 9.67. The maximum Gasteiger partial charge on any atom is 0.329 e. The fraction of sp³-hybridized carbons (Fsp3) is 0.429. The monoisotopic (exact) mass is 278 g/mol. The number of hydrogen-bond donors (Lipinski definition) is 1. The molecule has 0 aliphatic carbocycles. The highest BCUT2D eigenvalue weighted by molar-refractivity contribution is 5.97. The summed E-state index contributed by atoms with van der Waals surface area (Å²) in [5.74, 6) is 0.106. The number of benzene rings is 1. The van der Waals surface area contributed by atoms with Crippen LogP contribution in [-0.2, 0) is 9.53 Å². The van der Waals surface area contributed by atoms with Gasteiger partial charge in [0, 0.05) is 25.2 Å². The summed E-state index contributed by atoms with van der Waals surface area (Å²) in [6.45, 7) is 1.55. The molecule has 1 aliphatic heterocycles. The van der Waals surface area contributed by atoms with Crippen molar-refractivity contribution in [2.24, 2.45) is 0 Å². The van der Waals surface area contributed by atoms with Gasteiger partial charge in [-0.2, -0.15) is 0 Å². The Hall–Kier alpha value is -2.08. The summed E-state index contributed by atoms with van der Waals surface area (Å²) < 4.78 is 9.81. The van der Waals surface area contributed by atoms with Gasteiger partial charge in [-0.25, -0.2) is 4.79 Å². The molecule has 0 unspecified atom stereocenters. The zero-order valence-electron chi connectivity index (χ0n) is 11.6. The zero-order valence-corrected chi connectivity index (χ0v) is 11.6. The van der Waals surface area contributed by atoms with E-state index in [0.29, 0.717) is 30.9 Å². The summed E-state index contributed by atoms with van der Waals surface area (Å²) in [5.41, 5.74) is 0.529. The second-order valence-electron chi connectivity index (χ2n) is 4.47. The predicted molar refractivity (Wildman–Crippen MR) is 72.7 cm³/mol. The summed E-state index contributed by atoms with van der Waals surface area (Å²) >= 11 is 0. The first-order valence-corrected chi connectivity index (χ1v) is 6.41. The summed E-state index contributed by atoms with van der Waals surface area (Å²) in [6.07, 6.45) is 0. The molecule has 0 bridgehead atoms.